The lowest BCUT2D eigenvalue weighted by Gasteiger charge is -2.27. The summed E-state index contributed by atoms with van der Waals surface area (Å²) < 4.78 is 13.7. The first-order valence-electron chi connectivity index (χ1n) is 6.65. The maximum atomic E-state index is 13.7. The summed E-state index contributed by atoms with van der Waals surface area (Å²) in [5, 5.41) is 12.0. The van der Waals surface area contributed by atoms with Crippen molar-refractivity contribution in [2.24, 2.45) is 5.41 Å². The van der Waals surface area contributed by atoms with Crippen molar-refractivity contribution >= 4 is 11.9 Å². The van der Waals surface area contributed by atoms with Gasteiger partial charge in [0.25, 0.3) is 5.91 Å². The van der Waals surface area contributed by atoms with Gasteiger partial charge in [-0.3, -0.25) is 9.59 Å². The molecule has 0 aromatic heterocycles. The maximum Gasteiger partial charge on any atom is 0.311 e. The van der Waals surface area contributed by atoms with Gasteiger partial charge in [-0.05, 0) is 44.4 Å². The molecule has 5 heteroatoms. The van der Waals surface area contributed by atoms with Crippen molar-refractivity contribution in [2.45, 2.75) is 39.2 Å². The Labute approximate surface area is 117 Å². The zero-order chi connectivity index (χ0) is 14.9. The summed E-state index contributed by atoms with van der Waals surface area (Å²) in [5.41, 5.74) is -0.290. The molecule has 0 aliphatic heterocycles. The average Bonchev–Trinajstić information content (AvgIpc) is 2.72. The van der Waals surface area contributed by atoms with Gasteiger partial charge in [-0.2, -0.15) is 0 Å². The van der Waals surface area contributed by atoms with E-state index in [0.29, 0.717) is 12.8 Å². The van der Waals surface area contributed by atoms with Crippen LogP contribution >= 0.6 is 0 Å². The molecule has 1 aliphatic rings. The van der Waals surface area contributed by atoms with Crippen LogP contribution in [0, 0.1) is 18.2 Å². The molecule has 2 atom stereocenters. The lowest BCUT2D eigenvalue weighted by molar-refractivity contribution is -0.148. The molecular weight excluding hydrogens is 261 g/mol. The molecule has 1 aromatic rings. The standard InChI is InChI=1S/C15H18FNO3/c1-9-5-6-10(11(16)8-9)13(18)17-12-4-3-7-15(12,2)14(19)20/h5-6,8,12H,3-4,7H2,1-2H3,(H,17,18)(H,19,20). The van der Waals surface area contributed by atoms with Crippen LogP contribution in [0.15, 0.2) is 18.2 Å². The Morgan fingerprint density at radius 2 is 2.15 bits per heavy atom. The number of rotatable bonds is 3. The van der Waals surface area contributed by atoms with Crippen LogP contribution < -0.4 is 5.32 Å². The molecule has 0 heterocycles. The highest BCUT2D eigenvalue weighted by Gasteiger charge is 2.46. The van der Waals surface area contributed by atoms with Crippen molar-refractivity contribution in [2.75, 3.05) is 0 Å². The lowest BCUT2D eigenvalue weighted by Crippen LogP contribution is -2.47. The lowest BCUT2D eigenvalue weighted by atomic mass is 9.85. The molecule has 1 aliphatic carbocycles. The van der Waals surface area contributed by atoms with Crippen molar-refractivity contribution in [1.82, 2.24) is 5.32 Å². The van der Waals surface area contributed by atoms with Crippen molar-refractivity contribution in [3.05, 3.63) is 35.1 Å². The fourth-order valence-electron chi connectivity index (χ4n) is 2.69. The van der Waals surface area contributed by atoms with Gasteiger partial charge < -0.3 is 10.4 Å². The highest BCUT2D eigenvalue weighted by Crippen LogP contribution is 2.38. The van der Waals surface area contributed by atoms with Crippen molar-refractivity contribution in [3.63, 3.8) is 0 Å². The normalized spacial score (nSPS) is 25.4. The fourth-order valence-corrected chi connectivity index (χ4v) is 2.69. The number of halogens is 1. The number of carboxylic acids is 1. The number of nitrogens with one attached hydrogen (secondary N) is 1. The third-order valence-corrected chi connectivity index (χ3v) is 4.12. The van der Waals surface area contributed by atoms with Crippen LogP contribution in [0.1, 0.15) is 42.1 Å². The number of carbonyl (C=O) groups is 2. The second-order valence-corrected chi connectivity index (χ2v) is 5.62. The van der Waals surface area contributed by atoms with Crippen molar-refractivity contribution in [3.8, 4) is 0 Å². The Kier molecular flexibility index (Phi) is 3.79. The Morgan fingerprint density at radius 1 is 1.45 bits per heavy atom. The molecule has 4 nitrogen and oxygen atoms in total. The summed E-state index contributed by atoms with van der Waals surface area (Å²) in [6.45, 7) is 3.36. The van der Waals surface area contributed by atoms with E-state index >= 15 is 0 Å². The van der Waals surface area contributed by atoms with Crippen LogP contribution in [-0.4, -0.2) is 23.0 Å². The molecule has 1 fully saturated rings. The second kappa shape index (κ2) is 5.23. The van der Waals surface area contributed by atoms with E-state index in [-0.39, 0.29) is 5.56 Å². The topological polar surface area (TPSA) is 66.4 Å². The maximum absolute atomic E-state index is 13.7. The van der Waals surface area contributed by atoms with E-state index in [0.717, 1.165) is 12.0 Å². The first-order chi connectivity index (χ1) is 9.34. The van der Waals surface area contributed by atoms with Gasteiger partial charge >= 0.3 is 5.97 Å². The minimum atomic E-state index is -0.975. The minimum Gasteiger partial charge on any atom is -0.481 e. The monoisotopic (exact) mass is 279 g/mol. The van der Waals surface area contributed by atoms with E-state index in [1.165, 1.54) is 12.1 Å². The molecule has 0 spiro atoms. The Hall–Kier alpha value is -1.91. The van der Waals surface area contributed by atoms with Crippen molar-refractivity contribution < 1.29 is 19.1 Å². The Morgan fingerprint density at radius 3 is 2.75 bits per heavy atom. The van der Waals surface area contributed by atoms with E-state index in [4.69, 9.17) is 0 Å². The molecular formula is C15H18FNO3. The zero-order valence-corrected chi connectivity index (χ0v) is 11.6. The van der Waals surface area contributed by atoms with Crippen LogP contribution in [0.5, 0.6) is 0 Å². The average molecular weight is 279 g/mol. The van der Waals surface area contributed by atoms with Crippen molar-refractivity contribution in [1.29, 1.82) is 0 Å². The molecule has 0 radical (unpaired) electrons. The first kappa shape index (κ1) is 14.5. The number of amides is 1. The number of hydrogen-bond donors (Lipinski definition) is 2. The summed E-state index contributed by atoms with van der Waals surface area (Å²) in [4.78, 5) is 23.4. The summed E-state index contributed by atoms with van der Waals surface area (Å²) in [6.07, 6.45) is 1.86. The molecule has 108 valence electrons. The van der Waals surface area contributed by atoms with E-state index in [1.807, 2.05) is 0 Å². The number of aliphatic carboxylic acids is 1. The summed E-state index contributed by atoms with van der Waals surface area (Å²) >= 11 is 0. The van der Waals surface area contributed by atoms with Gasteiger partial charge in [-0.1, -0.05) is 12.5 Å². The highest BCUT2D eigenvalue weighted by atomic mass is 19.1. The van der Waals surface area contributed by atoms with Gasteiger partial charge in [0.05, 0.1) is 11.0 Å². The van der Waals surface area contributed by atoms with Gasteiger partial charge in [0, 0.05) is 6.04 Å². The number of aryl methyl sites for hydroxylation is 1. The van der Waals surface area contributed by atoms with E-state index < -0.39 is 29.2 Å². The minimum absolute atomic E-state index is 0.0461. The molecule has 0 bridgehead atoms. The molecule has 2 unspecified atom stereocenters. The molecule has 0 saturated heterocycles. The second-order valence-electron chi connectivity index (χ2n) is 5.62. The number of hydrogen-bond acceptors (Lipinski definition) is 2. The van der Waals surface area contributed by atoms with E-state index in [2.05, 4.69) is 5.32 Å². The quantitative estimate of drug-likeness (QED) is 0.893. The predicted octanol–water partition coefficient (Wildman–Crippen LogP) is 2.51. The largest absolute Gasteiger partial charge is 0.481 e. The zero-order valence-electron chi connectivity index (χ0n) is 11.6. The number of carbonyl (C=O) groups excluding carboxylic acids is 1. The van der Waals surface area contributed by atoms with E-state index in [1.54, 1.807) is 19.9 Å². The fraction of sp³-hybridized carbons (Fsp3) is 0.467. The number of benzene rings is 1. The molecule has 1 saturated carbocycles. The van der Waals surface area contributed by atoms with Crippen LogP contribution in [0.4, 0.5) is 4.39 Å². The molecule has 1 aromatic carbocycles. The van der Waals surface area contributed by atoms with Gasteiger partial charge in [-0.25, -0.2) is 4.39 Å². The highest BCUT2D eigenvalue weighted by molar-refractivity contribution is 5.95. The summed E-state index contributed by atoms with van der Waals surface area (Å²) in [5.74, 6) is -2.07. The Balaban J connectivity index is 2.17. The summed E-state index contributed by atoms with van der Waals surface area (Å²) in [7, 11) is 0. The third-order valence-electron chi connectivity index (χ3n) is 4.12. The third kappa shape index (κ3) is 2.53. The smallest absolute Gasteiger partial charge is 0.311 e. The Bertz CT molecular complexity index is 558. The SMILES string of the molecule is Cc1ccc(C(=O)NC2CCCC2(C)C(=O)O)c(F)c1. The molecule has 2 N–H and O–H groups in total. The van der Waals surface area contributed by atoms with Crippen LogP contribution in [-0.2, 0) is 4.79 Å². The number of carboxylic acid groups (broad SMARTS) is 1. The van der Waals surface area contributed by atoms with E-state index in [9.17, 15) is 19.1 Å². The predicted molar refractivity (Wildman–Crippen MR) is 72.0 cm³/mol. The van der Waals surface area contributed by atoms with Gasteiger partial charge in [0.2, 0.25) is 0 Å². The molecule has 2 rings (SSSR count). The molecule has 20 heavy (non-hydrogen) atoms. The van der Waals surface area contributed by atoms with Gasteiger partial charge in [-0.15, -0.1) is 0 Å². The van der Waals surface area contributed by atoms with Crippen LogP contribution in [0.25, 0.3) is 0 Å². The van der Waals surface area contributed by atoms with Crippen LogP contribution in [0.2, 0.25) is 0 Å². The van der Waals surface area contributed by atoms with Crippen LogP contribution in [0.3, 0.4) is 0 Å². The summed E-state index contributed by atoms with van der Waals surface area (Å²) in [6, 6.07) is 3.91. The van der Waals surface area contributed by atoms with Gasteiger partial charge in [0.1, 0.15) is 5.82 Å². The van der Waals surface area contributed by atoms with Gasteiger partial charge in [0.15, 0.2) is 0 Å². The molecule has 1 amide bonds. The first-order valence-corrected chi connectivity index (χ1v) is 6.65.